The number of nitrogens with one attached hydrogen (secondary N) is 1. The van der Waals surface area contributed by atoms with E-state index < -0.39 is 0 Å². The summed E-state index contributed by atoms with van der Waals surface area (Å²) in [5.41, 5.74) is 4.39. The van der Waals surface area contributed by atoms with E-state index in [2.05, 4.69) is 31.3 Å². The second kappa shape index (κ2) is 4.90. The first-order valence-electron chi connectivity index (χ1n) is 6.61. The van der Waals surface area contributed by atoms with E-state index in [1.807, 2.05) is 4.68 Å². The zero-order valence-corrected chi connectivity index (χ0v) is 11.7. The first-order valence-corrected chi connectivity index (χ1v) is 6.61. The zero-order valence-electron chi connectivity index (χ0n) is 11.7. The summed E-state index contributed by atoms with van der Waals surface area (Å²) in [6, 6.07) is 0.115. The molecule has 2 unspecified atom stereocenters. The average molecular weight is 252 g/mol. The van der Waals surface area contributed by atoms with Crippen molar-refractivity contribution in [2.75, 3.05) is 7.11 Å². The highest BCUT2D eigenvalue weighted by molar-refractivity contribution is 5.30. The molecule has 18 heavy (non-hydrogen) atoms. The van der Waals surface area contributed by atoms with E-state index in [9.17, 15) is 0 Å². The van der Waals surface area contributed by atoms with Gasteiger partial charge in [-0.2, -0.15) is 5.10 Å². The maximum atomic E-state index is 5.77. The summed E-state index contributed by atoms with van der Waals surface area (Å²) in [6.45, 7) is 7.58. The number of aromatic nitrogens is 2. The summed E-state index contributed by atoms with van der Waals surface area (Å²) in [6.07, 6.45) is 4.01. The van der Waals surface area contributed by atoms with Crippen molar-refractivity contribution >= 4 is 0 Å². The van der Waals surface area contributed by atoms with E-state index in [0.717, 1.165) is 24.4 Å². The zero-order chi connectivity index (χ0) is 13.3. The van der Waals surface area contributed by atoms with Crippen molar-refractivity contribution in [1.29, 1.82) is 0 Å². The normalized spacial score (nSPS) is 22.8. The summed E-state index contributed by atoms with van der Waals surface area (Å²) >= 11 is 0. The Balaban J connectivity index is 2.31. The molecular weight excluding hydrogens is 228 g/mol. The van der Waals surface area contributed by atoms with Crippen LogP contribution in [0.4, 0.5) is 0 Å². The lowest BCUT2D eigenvalue weighted by molar-refractivity contribution is 0.360. The molecule has 0 spiro atoms. The van der Waals surface area contributed by atoms with Crippen LogP contribution in [0.15, 0.2) is 6.20 Å². The number of methoxy groups -OCH3 is 1. The molecule has 2 rings (SSSR count). The molecule has 1 fully saturated rings. The smallest absolute Gasteiger partial charge is 0.161 e. The first-order chi connectivity index (χ1) is 8.55. The second-order valence-electron chi connectivity index (χ2n) is 5.76. The van der Waals surface area contributed by atoms with Crippen LogP contribution in [0.1, 0.15) is 45.3 Å². The number of hydrazine groups is 1. The molecule has 0 bridgehead atoms. The lowest BCUT2D eigenvalue weighted by atomic mass is 10.0. The van der Waals surface area contributed by atoms with Gasteiger partial charge < -0.3 is 4.74 Å². The van der Waals surface area contributed by atoms with Crippen molar-refractivity contribution in [3.63, 3.8) is 0 Å². The molecule has 0 amide bonds. The molecule has 0 saturated heterocycles. The van der Waals surface area contributed by atoms with Crippen LogP contribution in [-0.4, -0.2) is 16.9 Å². The van der Waals surface area contributed by atoms with Crippen molar-refractivity contribution in [3.8, 4) is 5.75 Å². The SMILES string of the molecule is CCCn1ncc(OC)c1C(NN)C1CC1(C)C. The Bertz CT molecular complexity index is 413. The summed E-state index contributed by atoms with van der Waals surface area (Å²) in [5, 5.41) is 4.40. The molecule has 5 heteroatoms. The number of ether oxygens (including phenoxy) is 1. The molecule has 3 N–H and O–H groups in total. The monoisotopic (exact) mass is 252 g/mol. The Labute approximate surface area is 109 Å². The van der Waals surface area contributed by atoms with Crippen molar-refractivity contribution in [3.05, 3.63) is 11.9 Å². The molecule has 1 aliphatic rings. The maximum Gasteiger partial charge on any atom is 0.161 e. The van der Waals surface area contributed by atoms with Crippen LogP contribution < -0.4 is 16.0 Å². The number of nitrogens with two attached hydrogens (primary N) is 1. The summed E-state index contributed by atoms with van der Waals surface area (Å²) in [7, 11) is 1.68. The fraction of sp³-hybridized carbons (Fsp3) is 0.769. The third kappa shape index (κ3) is 2.24. The minimum absolute atomic E-state index is 0.115. The molecular formula is C13H24N4O. The highest BCUT2D eigenvalue weighted by atomic mass is 16.5. The summed E-state index contributed by atoms with van der Waals surface area (Å²) in [5.74, 6) is 7.14. The predicted molar refractivity (Wildman–Crippen MR) is 71.0 cm³/mol. The average Bonchev–Trinajstić information content (AvgIpc) is 2.78. The van der Waals surface area contributed by atoms with Crippen molar-refractivity contribution in [2.45, 2.75) is 46.2 Å². The molecule has 1 aromatic heterocycles. The van der Waals surface area contributed by atoms with E-state index in [-0.39, 0.29) is 6.04 Å². The van der Waals surface area contributed by atoms with E-state index >= 15 is 0 Å². The van der Waals surface area contributed by atoms with Crippen LogP contribution in [0.3, 0.4) is 0 Å². The quantitative estimate of drug-likeness (QED) is 0.599. The van der Waals surface area contributed by atoms with Gasteiger partial charge in [-0.1, -0.05) is 20.8 Å². The molecule has 0 aliphatic heterocycles. The molecule has 0 radical (unpaired) electrons. The van der Waals surface area contributed by atoms with Gasteiger partial charge in [0.25, 0.3) is 0 Å². The third-order valence-corrected chi connectivity index (χ3v) is 3.97. The maximum absolute atomic E-state index is 5.77. The van der Waals surface area contributed by atoms with Crippen molar-refractivity contribution in [2.24, 2.45) is 17.2 Å². The summed E-state index contributed by atoms with van der Waals surface area (Å²) in [4.78, 5) is 0. The van der Waals surface area contributed by atoms with Crippen LogP contribution in [0.5, 0.6) is 5.75 Å². The Morgan fingerprint density at radius 3 is 2.78 bits per heavy atom. The van der Waals surface area contributed by atoms with Gasteiger partial charge in [-0.05, 0) is 24.2 Å². The van der Waals surface area contributed by atoms with Crippen LogP contribution in [-0.2, 0) is 6.54 Å². The number of aryl methyl sites for hydroxylation is 1. The third-order valence-electron chi connectivity index (χ3n) is 3.97. The van der Waals surface area contributed by atoms with Gasteiger partial charge in [-0.15, -0.1) is 0 Å². The van der Waals surface area contributed by atoms with E-state index in [1.165, 1.54) is 6.42 Å². The van der Waals surface area contributed by atoms with Gasteiger partial charge in [0.2, 0.25) is 0 Å². The molecule has 5 nitrogen and oxygen atoms in total. The number of rotatable bonds is 6. The number of nitrogens with zero attached hydrogens (tertiary/aromatic N) is 2. The van der Waals surface area contributed by atoms with Crippen LogP contribution in [0.2, 0.25) is 0 Å². The topological polar surface area (TPSA) is 65.1 Å². The van der Waals surface area contributed by atoms with Gasteiger partial charge in [0.05, 0.1) is 25.0 Å². The largest absolute Gasteiger partial charge is 0.493 e. The van der Waals surface area contributed by atoms with Crippen LogP contribution in [0, 0.1) is 11.3 Å². The van der Waals surface area contributed by atoms with E-state index in [4.69, 9.17) is 10.6 Å². The predicted octanol–water partition coefficient (Wildman–Crippen LogP) is 1.85. The second-order valence-corrected chi connectivity index (χ2v) is 5.76. The first kappa shape index (κ1) is 13.4. The minimum Gasteiger partial charge on any atom is -0.493 e. The fourth-order valence-electron chi connectivity index (χ4n) is 2.70. The Kier molecular flexibility index (Phi) is 3.64. The van der Waals surface area contributed by atoms with Crippen LogP contribution >= 0.6 is 0 Å². The van der Waals surface area contributed by atoms with Gasteiger partial charge in [0, 0.05) is 6.54 Å². The molecule has 1 saturated carbocycles. The summed E-state index contributed by atoms with van der Waals surface area (Å²) < 4.78 is 7.43. The molecule has 1 aliphatic carbocycles. The highest BCUT2D eigenvalue weighted by Crippen LogP contribution is 2.58. The van der Waals surface area contributed by atoms with Crippen LogP contribution in [0.25, 0.3) is 0 Å². The van der Waals surface area contributed by atoms with Gasteiger partial charge in [-0.3, -0.25) is 16.0 Å². The van der Waals surface area contributed by atoms with Crippen molar-refractivity contribution < 1.29 is 4.74 Å². The van der Waals surface area contributed by atoms with Gasteiger partial charge >= 0.3 is 0 Å². The number of hydrogen-bond donors (Lipinski definition) is 2. The standard InChI is InChI=1S/C13H24N4O/c1-5-6-17-12(10(18-4)8-15-17)11(16-14)9-7-13(9,2)3/h8-9,11,16H,5-7,14H2,1-4H3. The lowest BCUT2D eigenvalue weighted by Crippen LogP contribution is -2.32. The van der Waals surface area contributed by atoms with Gasteiger partial charge in [0.1, 0.15) is 0 Å². The van der Waals surface area contributed by atoms with E-state index in [0.29, 0.717) is 11.3 Å². The lowest BCUT2D eigenvalue weighted by Gasteiger charge is -2.20. The number of hydrogen-bond acceptors (Lipinski definition) is 4. The molecule has 102 valence electrons. The molecule has 2 atom stereocenters. The fourth-order valence-corrected chi connectivity index (χ4v) is 2.70. The molecule has 1 heterocycles. The Morgan fingerprint density at radius 2 is 2.33 bits per heavy atom. The van der Waals surface area contributed by atoms with Gasteiger partial charge in [-0.25, -0.2) is 0 Å². The minimum atomic E-state index is 0.115. The highest BCUT2D eigenvalue weighted by Gasteiger charge is 2.51. The Morgan fingerprint density at radius 1 is 1.67 bits per heavy atom. The van der Waals surface area contributed by atoms with Gasteiger partial charge in [0.15, 0.2) is 5.75 Å². The molecule has 0 aromatic carbocycles. The van der Waals surface area contributed by atoms with Crippen molar-refractivity contribution in [1.82, 2.24) is 15.2 Å². The molecule has 1 aromatic rings. The van der Waals surface area contributed by atoms with E-state index in [1.54, 1.807) is 13.3 Å². The Hall–Kier alpha value is -1.07.